The van der Waals surface area contributed by atoms with Gasteiger partial charge >= 0.3 is 0 Å². The summed E-state index contributed by atoms with van der Waals surface area (Å²) in [5.74, 6) is 0.156. The van der Waals surface area contributed by atoms with Crippen LogP contribution in [0.4, 0.5) is 0 Å². The molecular weight excluding hydrogens is 233 g/mol. The maximum atomic E-state index is 9.65. The molecule has 2 aromatic rings. The molecule has 1 aromatic carbocycles. The van der Waals surface area contributed by atoms with Crippen LogP contribution in [0.25, 0.3) is 11.1 Å². The molecule has 0 saturated carbocycles. The molecule has 0 aliphatic carbocycles. The van der Waals surface area contributed by atoms with Crippen LogP contribution in [0.2, 0.25) is 10.0 Å². The fraction of sp³-hybridized carbons (Fsp3) is 0. The highest BCUT2D eigenvalue weighted by molar-refractivity contribution is 6.31. The molecule has 0 aliphatic heterocycles. The minimum absolute atomic E-state index is 0.156. The van der Waals surface area contributed by atoms with Crippen LogP contribution < -0.4 is 0 Å². The van der Waals surface area contributed by atoms with E-state index in [1.807, 2.05) is 0 Å². The van der Waals surface area contributed by atoms with Crippen LogP contribution in [0.5, 0.6) is 5.75 Å². The van der Waals surface area contributed by atoms with E-state index in [0.717, 1.165) is 5.56 Å². The number of rotatable bonds is 1. The van der Waals surface area contributed by atoms with E-state index in [0.29, 0.717) is 15.6 Å². The number of nitrogens with zero attached hydrogens (tertiary/aromatic N) is 1. The second kappa shape index (κ2) is 4.09. The Labute approximate surface area is 97.1 Å². The van der Waals surface area contributed by atoms with Gasteiger partial charge in [0, 0.05) is 28.5 Å². The van der Waals surface area contributed by atoms with Crippen LogP contribution in [0.3, 0.4) is 0 Å². The normalized spacial score (nSPS) is 10.3. The van der Waals surface area contributed by atoms with Gasteiger partial charge in [0.05, 0.1) is 5.02 Å². The first-order valence-electron chi connectivity index (χ1n) is 4.26. The fourth-order valence-corrected chi connectivity index (χ4v) is 1.64. The summed E-state index contributed by atoms with van der Waals surface area (Å²) in [6, 6.07) is 6.56. The van der Waals surface area contributed by atoms with Crippen molar-refractivity contribution in [2.45, 2.75) is 0 Å². The summed E-state index contributed by atoms with van der Waals surface area (Å²) in [5.41, 5.74) is 1.36. The second-order valence-electron chi connectivity index (χ2n) is 3.05. The SMILES string of the molecule is Oc1ccc(Cl)cc1-c1cncc(Cl)c1. The summed E-state index contributed by atoms with van der Waals surface area (Å²) in [4.78, 5) is 3.95. The number of aromatic nitrogens is 1. The van der Waals surface area contributed by atoms with Gasteiger partial charge in [0.15, 0.2) is 0 Å². The lowest BCUT2D eigenvalue weighted by Crippen LogP contribution is -1.81. The quantitative estimate of drug-likeness (QED) is 0.823. The predicted molar refractivity (Wildman–Crippen MR) is 61.4 cm³/mol. The molecule has 1 heterocycles. The molecule has 0 fully saturated rings. The highest BCUT2D eigenvalue weighted by atomic mass is 35.5. The van der Waals surface area contributed by atoms with Gasteiger partial charge in [0.25, 0.3) is 0 Å². The summed E-state index contributed by atoms with van der Waals surface area (Å²) in [7, 11) is 0. The summed E-state index contributed by atoms with van der Waals surface area (Å²) < 4.78 is 0. The first kappa shape index (κ1) is 10.3. The van der Waals surface area contributed by atoms with Gasteiger partial charge in [-0.05, 0) is 24.3 Å². The number of halogens is 2. The Hall–Kier alpha value is -1.25. The maximum Gasteiger partial charge on any atom is 0.123 e. The van der Waals surface area contributed by atoms with E-state index in [4.69, 9.17) is 23.2 Å². The monoisotopic (exact) mass is 239 g/mol. The Bertz CT molecular complexity index is 500. The van der Waals surface area contributed by atoms with Crippen molar-refractivity contribution in [2.75, 3.05) is 0 Å². The third-order valence-electron chi connectivity index (χ3n) is 1.97. The van der Waals surface area contributed by atoms with Gasteiger partial charge in [0.1, 0.15) is 5.75 Å². The largest absolute Gasteiger partial charge is 0.507 e. The molecule has 0 spiro atoms. The molecule has 2 rings (SSSR count). The molecular formula is C11H7Cl2NO. The molecule has 0 unspecified atom stereocenters. The van der Waals surface area contributed by atoms with Crippen molar-refractivity contribution in [2.24, 2.45) is 0 Å². The molecule has 0 aliphatic rings. The smallest absolute Gasteiger partial charge is 0.123 e. The first-order valence-corrected chi connectivity index (χ1v) is 5.02. The lowest BCUT2D eigenvalue weighted by molar-refractivity contribution is 0.477. The van der Waals surface area contributed by atoms with Gasteiger partial charge in [0.2, 0.25) is 0 Å². The molecule has 76 valence electrons. The lowest BCUT2D eigenvalue weighted by Gasteiger charge is -2.04. The third kappa shape index (κ3) is 2.22. The lowest BCUT2D eigenvalue weighted by atomic mass is 10.1. The van der Waals surface area contributed by atoms with Crippen LogP contribution in [-0.2, 0) is 0 Å². The van der Waals surface area contributed by atoms with E-state index in [1.165, 1.54) is 6.20 Å². The van der Waals surface area contributed by atoms with Gasteiger partial charge in [-0.15, -0.1) is 0 Å². The van der Waals surface area contributed by atoms with Crippen LogP contribution in [0.1, 0.15) is 0 Å². The number of hydrogen-bond donors (Lipinski definition) is 1. The average Bonchev–Trinajstić information content (AvgIpc) is 2.22. The van der Waals surface area contributed by atoms with Crippen molar-refractivity contribution in [1.82, 2.24) is 4.98 Å². The number of pyridine rings is 1. The molecule has 0 amide bonds. The Kier molecular flexibility index (Phi) is 2.80. The number of hydrogen-bond acceptors (Lipinski definition) is 2. The zero-order chi connectivity index (χ0) is 10.8. The van der Waals surface area contributed by atoms with Crippen LogP contribution in [-0.4, -0.2) is 10.1 Å². The van der Waals surface area contributed by atoms with E-state index in [1.54, 1.807) is 30.5 Å². The van der Waals surface area contributed by atoms with Crippen LogP contribution in [0.15, 0.2) is 36.7 Å². The Balaban J connectivity index is 2.58. The number of phenolic OH excluding ortho intramolecular Hbond substituents is 1. The first-order chi connectivity index (χ1) is 7.16. The Morgan fingerprint density at radius 3 is 2.53 bits per heavy atom. The topological polar surface area (TPSA) is 33.1 Å². The van der Waals surface area contributed by atoms with Crippen LogP contribution >= 0.6 is 23.2 Å². The maximum absolute atomic E-state index is 9.65. The van der Waals surface area contributed by atoms with Gasteiger partial charge in [-0.3, -0.25) is 4.98 Å². The molecule has 0 saturated heterocycles. The molecule has 4 heteroatoms. The standard InChI is InChI=1S/C11H7Cl2NO/c12-8-1-2-11(15)10(4-8)7-3-9(13)6-14-5-7/h1-6,15H. The van der Waals surface area contributed by atoms with E-state index < -0.39 is 0 Å². The molecule has 15 heavy (non-hydrogen) atoms. The molecule has 0 bridgehead atoms. The van der Waals surface area contributed by atoms with E-state index >= 15 is 0 Å². The molecule has 2 nitrogen and oxygen atoms in total. The fourth-order valence-electron chi connectivity index (χ4n) is 1.30. The average molecular weight is 240 g/mol. The zero-order valence-corrected chi connectivity index (χ0v) is 9.13. The molecule has 1 aromatic heterocycles. The van der Waals surface area contributed by atoms with Crippen molar-refractivity contribution in [1.29, 1.82) is 0 Å². The highest BCUT2D eigenvalue weighted by Gasteiger charge is 2.05. The van der Waals surface area contributed by atoms with Crippen molar-refractivity contribution >= 4 is 23.2 Å². The predicted octanol–water partition coefficient (Wildman–Crippen LogP) is 3.76. The summed E-state index contributed by atoms with van der Waals surface area (Å²) in [5, 5.41) is 10.7. The van der Waals surface area contributed by atoms with Gasteiger partial charge in [-0.1, -0.05) is 23.2 Å². The van der Waals surface area contributed by atoms with E-state index in [9.17, 15) is 5.11 Å². The number of phenols is 1. The number of aromatic hydroxyl groups is 1. The van der Waals surface area contributed by atoms with Gasteiger partial charge in [-0.2, -0.15) is 0 Å². The van der Waals surface area contributed by atoms with E-state index in [2.05, 4.69) is 4.98 Å². The second-order valence-corrected chi connectivity index (χ2v) is 3.93. The molecule has 0 atom stereocenters. The summed E-state index contributed by atoms with van der Waals surface area (Å²) in [6.07, 6.45) is 3.16. The molecule has 0 radical (unpaired) electrons. The van der Waals surface area contributed by atoms with E-state index in [-0.39, 0.29) is 5.75 Å². The Morgan fingerprint density at radius 1 is 1.00 bits per heavy atom. The van der Waals surface area contributed by atoms with Crippen molar-refractivity contribution in [3.63, 3.8) is 0 Å². The van der Waals surface area contributed by atoms with Gasteiger partial charge < -0.3 is 5.11 Å². The van der Waals surface area contributed by atoms with Crippen LogP contribution in [0, 0.1) is 0 Å². The highest BCUT2D eigenvalue weighted by Crippen LogP contribution is 2.32. The Morgan fingerprint density at radius 2 is 1.80 bits per heavy atom. The van der Waals surface area contributed by atoms with Crippen molar-refractivity contribution in [3.05, 3.63) is 46.7 Å². The molecule has 1 N–H and O–H groups in total. The van der Waals surface area contributed by atoms with Crippen molar-refractivity contribution < 1.29 is 5.11 Å². The minimum atomic E-state index is 0.156. The van der Waals surface area contributed by atoms with Gasteiger partial charge in [-0.25, -0.2) is 0 Å². The summed E-state index contributed by atoms with van der Waals surface area (Å²) in [6.45, 7) is 0. The third-order valence-corrected chi connectivity index (χ3v) is 2.42. The minimum Gasteiger partial charge on any atom is -0.507 e. The number of benzene rings is 1. The summed E-state index contributed by atoms with van der Waals surface area (Å²) >= 11 is 11.7. The van der Waals surface area contributed by atoms with Crippen molar-refractivity contribution in [3.8, 4) is 16.9 Å². The zero-order valence-electron chi connectivity index (χ0n) is 7.61.